The fourth-order valence-corrected chi connectivity index (χ4v) is 5.52. The molecule has 0 aliphatic carbocycles. The van der Waals surface area contributed by atoms with Gasteiger partial charge in [0.05, 0.1) is 19.1 Å². The van der Waals surface area contributed by atoms with Gasteiger partial charge in [-0.05, 0) is 48.2 Å². The number of hydrogen-bond acceptors (Lipinski definition) is 5. The minimum absolute atomic E-state index is 0.0571. The van der Waals surface area contributed by atoms with Gasteiger partial charge in [0.2, 0.25) is 0 Å². The summed E-state index contributed by atoms with van der Waals surface area (Å²) in [6.07, 6.45) is 0. The zero-order chi connectivity index (χ0) is 28.0. The molecule has 0 fully saturated rings. The van der Waals surface area contributed by atoms with Crippen molar-refractivity contribution >= 4 is 11.7 Å². The molecule has 0 N–H and O–H groups in total. The molecule has 1 heterocycles. The van der Waals surface area contributed by atoms with E-state index in [0.717, 1.165) is 33.6 Å². The van der Waals surface area contributed by atoms with Crippen LogP contribution in [0.1, 0.15) is 36.5 Å². The zero-order valence-corrected chi connectivity index (χ0v) is 23.1. The second-order valence-corrected chi connectivity index (χ2v) is 9.87. The van der Waals surface area contributed by atoms with Crippen LogP contribution in [-0.4, -0.2) is 32.9 Å². The van der Waals surface area contributed by atoms with E-state index in [1.54, 1.807) is 14.0 Å². The molecule has 5 heteroatoms. The van der Waals surface area contributed by atoms with Crippen LogP contribution < -0.4 is 4.74 Å². The Bertz CT molecular complexity index is 1480. The first kappa shape index (κ1) is 27.2. The highest BCUT2D eigenvalue weighted by Gasteiger charge is 2.49. The summed E-state index contributed by atoms with van der Waals surface area (Å²) in [4.78, 5) is 11.8. The number of benzene rings is 4. The average molecular weight is 535 g/mol. The van der Waals surface area contributed by atoms with Gasteiger partial charge in [0.25, 0.3) is 0 Å². The van der Waals surface area contributed by atoms with E-state index in [1.807, 2.05) is 48.5 Å². The Labute approximate surface area is 236 Å². The molecular weight excluding hydrogens is 500 g/mol. The van der Waals surface area contributed by atoms with Crippen molar-refractivity contribution in [3.63, 3.8) is 0 Å². The third kappa shape index (κ3) is 5.51. The highest BCUT2D eigenvalue weighted by molar-refractivity contribution is 5.83. The number of methoxy groups -OCH3 is 1. The molecule has 5 nitrogen and oxygen atoms in total. The van der Waals surface area contributed by atoms with E-state index in [2.05, 4.69) is 67.6 Å². The smallest absolute Gasteiger partial charge is 0.344 e. The molecule has 1 aliphatic heterocycles. The van der Waals surface area contributed by atoms with Gasteiger partial charge in [-0.15, -0.1) is 0 Å². The van der Waals surface area contributed by atoms with E-state index in [4.69, 9.17) is 18.9 Å². The lowest BCUT2D eigenvalue weighted by Gasteiger charge is -2.33. The topological polar surface area (TPSA) is 54.0 Å². The van der Waals surface area contributed by atoms with E-state index >= 15 is 0 Å². The first-order valence-electron chi connectivity index (χ1n) is 13.5. The maximum Gasteiger partial charge on any atom is 0.344 e. The van der Waals surface area contributed by atoms with E-state index in [9.17, 15) is 4.79 Å². The Hall–Kier alpha value is -4.35. The van der Waals surface area contributed by atoms with Crippen molar-refractivity contribution in [3.05, 3.63) is 131 Å². The van der Waals surface area contributed by atoms with Crippen LogP contribution in [-0.2, 0) is 24.6 Å². The predicted octanol–water partition coefficient (Wildman–Crippen LogP) is 7.38. The SMILES string of the molecule is CCOC(=O)COc1cccc(-c2ccccc2C2=C(COC)C(c3ccccc3)C(C)(c3ccccc3)O2)c1. The summed E-state index contributed by atoms with van der Waals surface area (Å²) in [7, 11) is 1.72. The quantitative estimate of drug-likeness (QED) is 0.199. The summed E-state index contributed by atoms with van der Waals surface area (Å²) in [6.45, 7) is 4.54. The summed E-state index contributed by atoms with van der Waals surface area (Å²) < 4.78 is 23.6. The second kappa shape index (κ2) is 12.2. The predicted molar refractivity (Wildman–Crippen MR) is 157 cm³/mol. The summed E-state index contributed by atoms with van der Waals surface area (Å²) in [5.74, 6) is 0.957. The maximum atomic E-state index is 11.8. The lowest BCUT2D eigenvalue weighted by atomic mass is 9.75. The van der Waals surface area contributed by atoms with Crippen LogP contribution in [0.25, 0.3) is 16.9 Å². The second-order valence-electron chi connectivity index (χ2n) is 9.87. The molecule has 204 valence electrons. The van der Waals surface area contributed by atoms with E-state index < -0.39 is 11.6 Å². The molecular formula is C35H34O5. The zero-order valence-electron chi connectivity index (χ0n) is 23.1. The van der Waals surface area contributed by atoms with Gasteiger partial charge in [-0.25, -0.2) is 4.79 Å². The number of rotatable bonds is 10. The van der Waals surface area contributed by atoms with Gasteiger partial charge in [-0.3, -0.25) is 0 Å². The molecule has 2 unspecified atom stereocenters. The number of ether oxygens (including phenoxy) is 4. The van der Waals surface area contributed by atoms with Crippen molar-refractivity contribution in [2.24, 2.45) is 0 Å². The van der Waals surface area contributed by atoms with Crippen LogP contribution in [0.15, 0.2) is 115 Å². The molecule has 0 radical (unpaired) electrons. The Morgan fingerprint density at radius 2 is 1.52 bits per heavy atom. The first-order chi connectivity index (χ1) is 19.5. The van der Waals surface area contributed by atoms with Crippen molar-refractivity contribution in [3.8, 4) is 16.9 Å². The van der Waals surface area contributed by atoms with Gasteiger partial charge >= 0.3 is 5.97 Å². The molecule has 0 spiro atoms. The van der Waals surface area contributed by atoms with Gasteiger partial charge in [0, 0.05) is 18.2 Å². The molecule has 4 aromatic carbocycles. The van der Waals surface area contributed by atoms with Gasteiger partial charge < -0.3 is 18.9 Å². The van der Waals surface area contributed by atoms with Crippen LogP contribution in [0.2, 0.25) is 0 Å². The summed E-state index contributed by atoms with van der Waals surface area (Å²) >= 11 is 0. The highest BCUT2D eigenvalue weighted by atomic mass is 16.6. The van der Waals surface area contributed by atoms with Crippen molar-refractivity contribution in [1.82, 2.24) is 0 Å². The minimum Gasteiger partial charge on any atom is -0.482 e. The minimum atomic E-state index is -0.649. The van der Waals surface area contributed by atoms with E-state index in [-0.39, 0.29) is 12.5 Å². The number of hydrogen-bond donors (Lipinski definition) is 0. The summed E-state index contributed by atoms with van der Waals surface area (Å²) in [6, 6.07) is 36.8. The Morgan fingerprint density at radius 1 is 0.850 bits per heavy atom. The van der Waals surface area contributed by atoms with Crippen LogP contribution in [0, 0.1) is 0 Å². The standard InChI is InChI=1S/C35H34O5/c1-4-38-32(36)24-39-28-19-13-16-26(22-28)29-20-11-12-21-30(29)34-31(23-37-3)33(25-14-7-5-8-15-25)35(2,40-34)27-17-9-6-10-18-27/h5-22,33H,4,23-24H2,1-3H3. The largest absolute Gasteiger partial charge is 0.482 e. The number of esters is 1. The van der Waals surface area contributed by atoms with E-state index in [0.29, 0.717) is 19.0 Å². The maximum absolute atomic E-state index is 11.8. The lowest BCUT2D eigenvalue weighted by molar-refractivity contribution is -0.145. The molecule has 1 aliphatic rings. The van der Waals surface area contributed by atoms with Crippen molar-refractivity contribution < 1.29 is 23.7 Å². The Kier molecular flexibility index (Phi) is 8.32. The lowest BCUT2D eigenvalue weighted by Crippen LogP contribution is -2.30. The fourth-order valence-electron chi connectivity index (χ4n) is 5.52. The molecule has 2 atom stereocenters. The summed E-state index contributed by atoms with van der Waals surface area (Å²) in [5, 5.41) is 0. The molecule has 4 aromatic rings. The van der Waals surface area contributed by atoms with Crippen LogP contribution in [0.3, 0.4) is 0 Å². The van der Waals surface area contributed by atoms with Crippen LogP contribution >= 0.6 is 0 Å². The Morgan fingerprint density at radius 3 is 2.23 bits per heavy atom. The third-order valence-corrected chi connectivity index (χ3v) is 7.26. The fraction of sp³-hybridized carbons (Fsp3) is 0.229. The average Bonchev–Trinajstić information content (AvgIpc) is 3.30. The molecule has 0 amide bonds. The molecule has 40 heavy (non-hydrogen) atoms. The first-order valence-corrected chi connectivity index (χ1v) is 13.5. The molecule has 0 bridgehead atoms. The third-order valence-electron chi connectivity index (χ3n) is 7.26. The van der Waals surface area contributed by atoms with Gasteiger partial charge in [-0.1, -0.05) is 97.1 Å². The van der Waals surface area contributed by atoms with Crippen molar-refractivity contribution in [2.75, 3.05) is 26.9 Å². The Balaban J connectivity index is 1.61. The van der Waals surface area contributed by atoms with Crippen molar-refractivity contribution in [1.29, 1.82) is 0 Å². The van der Waals surface area contributed by atoms with Gasteiger partial charge in [0.1, 0.15) is 17.1 Å². The summed E-state index contributed by atoms with van der Waals surface area (Å²) in [5.41, 5.74) is 5.62. The van der Waals surface area contributed by atoms with Gasteiger partial charge in [-0.2, -0.15) is 0 Å². The van der Waals surface area contributed by atoms with Gasteiger partial charge in [0.15, 0.2) is 6.61 Å². The number of carbonyl (C=O) groups excluding carboxylic acids is 1. The number of carbonyl (C=O) groups is 1. The molecule has 0 saturated heterocycles. The highest BCUT2D eigenvalue weighted by Crippen LogP contribution is 2.55. The van der Waals surface area contributed by atoms with E-state index in [1.165, 1.54) is 5.56 Å². The molecule has 0 saturated carbocycles. The van der Waals surface area contributed by atoms with Crippen LogP contribution in [0.4, 0.5) is 0 Å². The van der Waals surface area contributed by atoms with Crippen molar-refractivity contribution in [2.45, 2.75) is 25.4 Å². The van der Waals surface area contributed by atoms with Crippen LogP contribution in [0.5, 0.6) is 5.75 Å². The monoisotopic (exact) mass is 534 g/mol. The normalized spacial score (nSPS) is 18.3. The molecule has 5 rings (SSSR count). The molecule has 0 aromatic heterocycles.